The van der Waals surface area contributed by atoms with Gasteiger partial charge >= 0.3 is 6.03 Å². The first-order valence-electron chi connectivity index (χ1n) is 7.64. The Morgan fingerprint density at radius 3 is 3.18 bits per heavy atom. The van der Waals surface area contributed by atoms with E-state index < -0.39 is 0 Å². The minimum absolute atomic E-state index is 0.0830. The Bertz CT molecular complexity index is 608. The number of piperidine rings is 1. The maximum absolute atomic E-state index is 12.2. The number of hydrogen-bond donors (Lipinski definition) is 1. The molecule has 2 aromatic rings. The van der Waals surface area contributed by atoms with E-state index in [0.29, 0.717) is 24.8 Å². The molecule has 1 N–H and O–H groups in total. The van der Waals surface area contributed by atoms with Crippen molar-refractivity contribution < 1.29 is 13.7 Å². The number of carbonyl (C=O) groups is 1. The molecule has 1 aliphatic rings. The molecule has 7 nitrogen and oxygen atoms in total. The first-order valence-corrected chi connectivity index (χ1v) is 7.64. The van der Waals surface area contributed by atoms with E-state index in [9.17, 15) is 4.79 Å². The van der Waals surface area contributed by atoms with Crippen molar-refractivity contribution in [1.82, 2.24) is 20.4 Å². The lowest BCUT2D eigenvalue weighted by Gasteiger charge is -2.31. The molecule has 0 aliphatic carbocycles. The van der Waals surface area contributed by atoms with Crippen LogP contribution in [0.1, 0.15) is 43.2 Å². The summed E-state index contributed by atoms with van der Waals surface area (Å²) in [7, 11) is 0. The molecule has 3 heterocycles. The minimum atomic E-state index is -0.0830. The van der Waals surface area contributed by atoms with Crippen LogP contribution in [0.5, 0.6) is 0 Å². The van der Waals surface area contributed by atoms with Crippen LogP contribution < -0.4 is 5.32 Å². The molecule has 22 heavy (non-hydrogen) atoms. The van der Waals surface area contributed by atoms with Crippen LogP contribution in [0.2, 0.25) is 0 Å². The van der Waals surface area contributed by atoms with E-state index in [2.05, 4.69) is 15.5 Å². The highest BCUT2D eigenvalue weighted by Gasteiger charge is 2.27. The topological polar surface area (TPSA) is 84.4 Å². The fourth-order valence-corrected chi connectivity index (χ4v) is 2.64. The van der Waals surface area contributed by atoms with Crippen LogP contribution in [0, 0.1) is 0 Å². The van der Waals surface area contributed by atoms with Crippen LogP contribution in [-0.4, -0.2) is 34.2 Å². The van der Waals surface area contributed by atoms with E-state index in [4.69, 9.17) is 8.94 Å². The molecular weight excluding hydrogens is 284 g/mol. The molecule has 1 aliphatic heterocycles. The molecule has 0 saturated carbocycles. The van der Waals surface area contributed by atoms with E-state index in [1.165, 1.54) is 0 Å². The van der Waals surface area contributed by atoms with Crippen molar-refractivity contribution in [1.29, 1.82) is 0 Å². The Balaban J connectivity index is 1.56. The number of nitrogens with one attached hydrogen (secondary N) is 1. The van der Waals surface area contributed by atoms with E-state index in [1.807, 2.05) is 13.0 Å². The van der Waals surface area contributed by atoms with Crippen LogP contribution >= 0.6 is 0 Å². The van der Waals surface area contributed by atoms with Crippen molar-refractivity contribution in [2.45, 2.75) is 38.6 Å². The lowest BCUT2D eigenvalue weighted by atomic mass is 9.98. The zero-order chi connectivity index (χ0) is 15.4. The third kappa shape index (κ3) is 3.29. The van der Waals surface area contributed by atoms with Crippen molar-refractivity contribution in [3.8, 4) is 0 Å². The summed E-state index contributed by atoms with van der Waals surface area (Å²) in [6, 6.07) is 3.56. The van der Waals surface area contributed by atoms with Gasteiger partial charge in [-0.1, -0.05) is 12.1 Å². The highest BCUT2D eigenvalue weighted by atomic mass is 16.5. The fourth-order valence-electron chi connectivity index (χ4n) is 2.64. The summed E-state index contributed by atoms with van der Waals surface area (Å²) in [6.07, 6.45) is 4.24. The molecule has 0 radical (unpaired) electrons. The van der Waals surface area contributed by atoms with Gasteiger partial charge in [-0.25, -0.2) is 4.79 Å². The first kappa shape index (κ1) is 14.6. The van der Waals surface area contributed by atoms with Gasteiger partial charge in [0.1, 0.15) is 5.76 Å². The molecule has 7 heteroatoms. The number of amides is 2. The van der Waals surface area contributed by atoms with Crippen molar-refractivity contribution in [3.63, 3.8) is 0 Å². The van der Waals surface area contributed by atoms with Crippen molar-refractivity contribution in [3.05, 3.63) is 35.9 Å². The molecule has 1 unspecified atom stereocenters. The average Bonchev–Trinajstić information content (AvgIpc) is 3.24. The van der Waals surface area contributed by atoms with Crippen LogP contribution in [-0.2, 0) is 13.0 Å². The van der Waals surface area contributed by atoms with E-state index in [-0.39, 0.29) is 11.9 Å². The van der Waals surface area contributed by atoms with Crippen molar-refractivity contribution in [2.75, 3.05) is 13.1 Å². The summed E-state index contributed by atoms with van der Waals surface area (Å²) in [4.78, 5) is 18.4. The second-order valence-corrected chi connectivity index (χ2v) is 5.42. The van der Waals surface area contributed by atoms with Gasteiger partial charge < -0.3 is 19.2 Å². The molecule has 118 valence electrons. The van der Waals surface area contributed by atoms with Crippen LogP contribution in [0.25, 0.3) is 0 Å². The standard InChI is InChI=1S/C15H20N4O3/c1-2-13-17-14(18-22-13)11-5-3-7-19(10-11)15(20)16-9-12-6-4-8-21-12/h4,6,8,11H,2-3,5,7,9-10H2,1H3,(H,16,20). The van der Waals surface area contributed by atoms with Gasteiger partial charge in [0, 0.05) is 25.4 Å². The number of rotatable bonds is 4. The number of aryl methyl sites for hydroxylation is 1. The number of nitrogens with zero attached hydrogens (tertiary/aromatic N) is 3. The number of carbonyl (C=O) groups excluding carboxylic acids is 1. The Hall–Kier alpha value is -2.31. The molecular formula is C15H20N4O3. The second kappa shape index (κ2) is 6.64. The van der Waals surface area contributed by atoms with Gasteiger partial charge in [0.05, 0.1) is 12.8 Å². The molecule has 1 fully saturated rings. The zero-order valence-corrected chi connectivity index (χ0v) is 12.6. The van der Waals surface area contributed by atoms with E-state index in [1.54, 1.807) is 17.2 Å². The van der Waals surface area contributed by atoms with E-state index in [0.717, 1.165) is 31.6 Å². The first-order chi connectivity index (χ1) is 10.8. The van der Waals surface area contributed by atoms with Gasteiger partial charge in [0.15, 0.2) is 5.82 Å². The zero-order valence-electron chi connectivity index (χ0n) is 12.6. The quantitative estimate of drug-likeness (QED) is 0.937. The normalized spacial score (nSPS) is 18.4. The number of hydrogen-bond acceptors (Lipinski definition) is 5. The summed E-state index contributed by atoms with van der Waals surface area (Å²) in [5.41, 5.74) is 0. The number of aromatic nitrogens is 2. The number of urea groups is 1. The van der Waals surface area contributed by atoms with Crippen LogP contribution in [0.3, 0.4) is 0 Å². The molecule has 1 saturated heterocycles. The van der Waals surface area contributed by atoms with Crippen molar-refractivity contribution >= 4 is 6.03 Å². The summed E-state index contributed by atoms with van der Waals surface area (Å²) in [5, 5.41) is 6.90. The highest BCUT2D eigenvalue weighted by Crippen LogP contribution is 2.25. The average molecular weight is 304 g/mol. The summed E-state index contributed by atoms with van der Waals surface area (Å²) >= 11 is 0. The second-order valence-electron chi connectivity index (χ2n) is 5.42. The Kier molecular flexibility index (Phi) is 4.41. The maximum atomic E-state index is 12.2. The fraction of sp³-hybridized carbons (Fsp3) is 0.533. The monoisotopic (exact) mass is 304 g/mol. The summed E-state index contributed by atoms with van der Waals surface area (Å²) < 4.78 is 10.4. The maximum Gasteiger partial charge on any atom is 0.317 e. The predicted octanol–water partition coefficient (Wildman–Crippen LogP) is 2.31. The Labute approximate surface area is 128 Å². The third-order valence-electron chi connectivity index (χ3n) is 3.85. The largest absolute Gasteiger partial charge is 0.467 e. The van der Waals surface area contributed by atoms with Gasteiger partial charge in [-0.05, 0) is 25.0 Å². The van der Waals surface area contributed by atoms with Gasteiger partial charge in [-0.15, -0.1) is 0 Å². The van der Waals surface area contributed by atoms with Gasteiger partial charge in [0.2, 0.25) is 5.89 Å². The number of furan rings is 1. The Morgan fingerprint density at radius 1 is 1.55 bits per heavy atom. The smallest absolute Gasteiger partial charge is 0.317 e. The molecule has 0 bridgehead atoms. The molecule has 0 aromatic carbocycles. The lowest BCUT2D eigenvalue weighted by molar-refractivity contribution is 0.176. The molecule has 1 atom stereocenters. The Morgan fingerprint density at radius 2 is 2.45 bits per heavy atom. The van der Waals surface area contributed by atoms with Gasteiger partial charge in [-0.3, -0.25) is 0 Å². The van der Waals surface area contributed by atoms with Gasteiger partial charge in [0.25, 0.3) is 0 Å². The number of likely N-dealkylation sites (tertiary alicyclic amines) is 1. The summed E-state index contributed by atoms with van der Waals surface area (Å²) in [5.74, 6) is 2.25. The molecule has 3 rings (SSSR count). The highest BCUT2D eigenvalue weighted by molar-refractivity contribution is 5.74. The molecule has 2 amide bonds. The van der Waals surface area contributed by atoms with Crippen molar-refractivity contribution in [2.24, 2.45) is 0 Å². The van der Waals surface area contributed by atoms with Gasteiger partial charge in [-0.2, -0.15) is 4.98 Å². The lowest BCUT2D eigenvalue weighted by Crippen LogP contribution is -2.44. The third-order valence-corrected chi connectivity index (χ3v) is 3.85. The van der Waals surface area contributed by atoms with Crippen LogP contribution in [0.4, 0.5) is 4.79 Å². The SMILES string of the molecule is CCc1nc(C2CCCN(C(=O)NCc3ccco3)C2)no1. The van der Waals surface area contributed by atoms with Crippen LogP contribution in [0.15, 0.2) is 27.3 Å². The minimum Gasteiger partial charge on any atom is -0.467 e. The predicted molar refractivity (Wildman–Crippen MR) is 78.2 cm³/mol. The molecule has 2 aromatic heterocycles. The summed E-state index contributed by atoms with van der Waals surface area (Å²) in [6.45, 7) is 3.74. The molecule has 0 spiro atoms. The van der Waals surface area contributed by atoms with E-state index >= 15 is 0 Å².